The van der Waals surface area contributed by atoms with Crippen molar-refractivity contribution in [2.45, 2.75) is 20.0 Å². The number of nitrogens with zero attached hydrogens (tertiary/aromatic N) is 4. The lowest BCUT2D eigenvalue weighted by Crippen LogP contribution is -2.37. The van der Waals surface area contributed by atoms with E-state index >= 15 is 0 Å². The molecule has 0 radical (unpaired) electrons. The number of aliphatic hydroxyl groups is 1. The highest BCUT2D eigenvalue weighted by Gasteiger charge is 2.22. The minimum Gasteiger partial charge on any atom is -0.392 e. The van der Waals surface area contributed by atoms with E-state index < -0.39 is 0 Å². The van der Waals surface area contributed by atoms with E-state index in [2.05, 4.69) is 9.88 Å². The quantitative estimate of drug-likeness (QED) is 0.719. The predicted molar refractivity (Wildman–Crippen MR) is 104 cm³/mol. The van der Waals surface area contributed by atoms with Gasteiger partial charge in [-0.05, 0) is 17.7 Å². The second kappa shape index (κ2) is 7.95. The summed E-state index contributed by atoms with van der Waals surface area (Å²) in [5, 5.41) is 9.44. The lowest BCUT2D eigenvalue weighted by Gasteiger charge is -2.28. The minimum absolute atomic E-state index is 0.0459. The Morgan fingerprint density at radius 3 is 2.82 bits per heavy atom. The summed E-state index contributed by atoms with van der Waals surface area (Å²) in [6.45, 7) is 4.30. The molecule has 0 bridgehead atoms. The summed E-state index contributed by atoms with van der Waals surface area (Å²) in [7, 11) is 0. The van der Waals surface area contributed by atoms with Crippen molar-refractivity contribution in [2.75, 3.05) is 31.2 Å². The second-order valence-corrected chi connectivity index (χ2v) is 6.52. The van der Waals surface area contributed by atoms with Crippen molar-refractivity contribution in [1.82, 2.24) is 14.7 Å². The monoisotopic (exact) mass is 382 g/mol. The standard InChI is InChI=1S/C20H22N4O4/c1-2-17(26)28-24-7-6-16-18(24)20(23-8-10-27-11-9-23)22-19(21-16)15-5-3-4-14(12-15)13-25/h3-7,12,25H,2,8-11,13H2,1H3. The molecular weight excluding hydrogens is 360 g/mol. The van der Waals surface area contributed by atoms with Gasteiger partial charge in [0.25, 0.3) is 0 Å². The molecule has 1 aliphatic rings. The number of carbonyl (C=O) groups is 1. The molecule has 0 spiro atoms. The molecular formula is C20H22N4O4. The normalized spacial score (nSPS) is 14.4. The lowest BCUT2D eigenvalue weighted by molar-refractivity contribution is -0.143. The Morgan fingerprint density at radius 2 is 2.07 bits per heavy atom. The van der Waals surface area contributed by atoms with E-state index in [4.69, 9.17) is 14.6 Å². The fourth-order valence-electron chi connectivity index (χ4n) is 3.18. The van der Waals surface area contributed by atoms with Crippen LogP contribution in [0.3, 0.4) is 0 Å². The number of aliphatic hydroxyl groups excluding tert-OH is 1. The van der Waals surface area contributed by atoms with E-state index in [1.165, 1.54) is 4.73 Å². The van der Waals surface area contributed by atoms with Crippen LogP contribution in [0.15, 0.2) is 36.5 Å². The molecule has 4 rings (SSSR count). The van der Waals surface area contributed by atoms with E-state index in [0.29, 0.717) is 49.0 Å². The number of hydrogen-bond donors (Lipinski definition) is 1. The lowest BCUT2D eigenvalue weighted by atomic mass is 10.1. The van der Waals surface area contributed by atoms with Crippen molar-refractivity contribution in [3.05, 3.63) is 42.1 Å². The highest BCUT2D eigenvalue weighted by atomic mass is 16.7. The van der Waals surface area contributed by atoms with Crippen molar-refractivity contribution in [1.29, 1.82) is 0 Å². The first-order valence-electron chi connectivity index (χ1n) is 9.32. The SMILES string of the molecule is CCC(=O)On1ccc2nc(-c3cccc(CO)c3)nc(N3CCOCC3)c21. The Morgan fingerprint density at radius 1 is 1.25 bits per heavy atom. The van der Waals surface area contributed by atoms with Crippen molar-refractivity contribution in [3.63, 3.8) is 0 Å². The number of benzene rings is 1. The molecule has 0 saturated carbocycles. The molecule has 3 heterocycles. The summed E-state index contributed by atoms with van der Waals surface area (Å²) in [6, 6.07) is 9.32. The second-order valence-electron chi connectivity index (χ2n) is 6.52. The highest BCUT2D eigenvalue weighted by molar-refractivity contribution is 5.89. The van der Waals surface area contributed by atoms with Gasteiger partial charge in [0.1, 0.15) is 5.52 Å². The van der Waals surface area contributed by atoms with Crippen LogP contribution >= 0.6 is 0 Å². The molecule has 0 unspecified atom stereocenters. The van der Waals surface area contributed by atoms with Gasteiger partial charge in [-0.15, -0.1) is 0 Å². The molecule has 146 valence electrons. The van der Waals surface area contributed by atoms with Gasteiger partial charge in [-0.25, -0.2) is 14.8 Å². The topological polar surface area (TPSA) is 89.7 Å². The van der Waals surface area contributed by atoms with Crippen molar-refractivity contribution in [2.24, 2.45) is 0 Å². The molecule has 1 fully saturated rings. The van der Waals surface area contributed by atoms with Gasteiger partial charge < -0.3 is 19.6 Å². The molecule has 0 aliphatic carbocycles. The zero-order valence-corrected chi connectivity index (χ0v) is 15.7. The first kappa shape index (κ1) is 18.4. The third-order valence-electron chi connectivity index (χ3n) is 4.65. The number of hydrogen-bond acceptors (Lipinski definition) is 7. The molecule has 8 heteroatoms. The van der Waals surface area contributed by atoms with E-state index in [0.717, 1.165) is 11.1 Å². The minimum atomic E-state index is -0.329. The van der Waals surface area contributed by atoms with Crippen LogP contribution in [0.1, 0.15) is 18.9 Å². The molecule has 3 aromatic rings. The van der Waals surface area contributed by atoms with Gasteiger partial charge in [0, 0.05) is 31.3 Å². The number of morpholine rings is 1. The Labute approximate surface area is 162 Å². The van der Waals surface area contributed by atoms with Crippen molar-refractivity contribution >= 4 is 22.8 Å². The molecule has 0 amide bonds. The summed E-state index contributed by atoms with van der Waals surface area (Å²) in [6.07, 6.45) is 1.96. The molecule has 1 aromatic carbocycles. The van der Waals surface area contributed by atoms with Crippen LogP contribution in [-0.4, -0.2) is 52.1 Å². The van der Waals surface area contributed by atoms with E-state index in [-0.39, 0.29) is 19.0 Å². The fourth-order valence-corrected chi connectivity index (χ4v) is 3.18. The summed E-state index contributed by atoms with van der Waals surface area (Å²) in [5.41, 5.74) is 2.96. The summed E-state index contributed by atoms with van der Waals surface area (Å²) < 4.78 is 6.91. The molecule has 28 heavy (non-hydrogen) atoms. The van der Waals surface area contributed by atoms with Crippen LogP contribution in [0.25, 0.3) is 22.4 Å². The Balaban J connectivity index is 1.85. The fraction of sp³-hybridized carbons (Fsp3) is 0.350. The van der Waals surface area contributed by atoms with Gasteiger partial charge >= 0.3 is 5.97 Å². The van der Waals surface area contributed by atoms with E-state index in [1.807, 2.05) is 30.3 Å². The number of aromatic nitrogens is 3. The van der Waals surface area contributed by atoms with Crippen LogP contribution in [-0.2, 0) is 16.1 Å². The van der Waals surface area contributed by atoms with Crippen molar-refractivity contribution < 1.29 is 19.5 Å². The molecule has 8 nitrogen and oxygen atoms in total. The Hall–Kier alpha value is -2.97. The van der Waals surface area contributed by atoms with Gasteiger partial charge in [-0.3, -0.25) is 0 Å². The Bertz CT molecular complexity index is 995. The van der Waals surface area contributed by atoms with Crippen LogP contribution in [0.4, 0.5) is 5.82 Å². The third-order valence-corrected chi connectivity index (χ3v) is 4.65. The summed E-state index contributed by atoms with van der Waals surface area (Å²) >= 11 is 0. The largest absolute Gasteiger partial charge is 0.392 e. The number of rotatable bonds is 5. The zero-order chi connectivity index (χ0) is 19.5. The number of ether oxygens (including phenoxy) is 1. The van der Waals surface area contributed by atoms with E-state index in [9.17, 15) is 9.90 Å². The van der Waals surface area contributed by atoms with Gasteiger partial charge in [0.05, 0.1) is 25.3 Å². The highest BCUT2D eigenvalue weighted by Crippen LogP contribution is 2.29. The average Bonchev–Trinajstić information content (AvgIpc) is 3.16. The van der Waals surface area contributed by atoms with Crippen LogP contribution in [0.5, 0.6) is 0 Å². The summed E-state index contributed by atoms with van der Waals surface area (Å²) in [5.74, 6) is 0.931. The number of fused-ring (bicyclic) bond motifs is 1. The molecule has 1 aliphatic heterocycles. The summed E-state index contributed by atoms with van der Waals surface area (Å²) in [4.78, 5) is 28.8. The number of anilines is 1. The first-order chi connectivity index (χ1) is 13.7. The molecule has 1 N–H and O–H groups in total. The van der Waals surface area contributed by atoms with Crippen LogP contribution in [0, 0.1) is 0 Å². The first-order valence-corrected chi connectivity index (χ1v) is 9.32. The molecule has 1 saturated heterocycles. The third kappa shape index (κ3) is 3.56. The maximum atomic E-state index is 11.8. The Kier molecular flexibility index (Phi) is 5.23. The van der Waals surface area contributed by atoms with Gasteiger partial charge in [-0.2, -0.15) is 4.73 Å². The zero-order valence-electron chi connectivity index (χ0n) is 15.7. The molecule has 0 atom stereocenters. The van der Waals surface area contributed by atoms with E-state index in [1.54, 1.807) is 13.1 Å². The maximum Gasteiger partial charge on any atom is 0.332 e. The van der Waals surface area contributed by atoms with Crippen molar-refractivity contribution in [3.8, 4) is 11.4 Å². The number of carbonyl (C=O) groups excluding carboxylic acids is 1. The average molecular weight is 382 g/mol. The molecule has 2 aromatic heterocycles. The smallest absolute Gasteiger partial charge is 0.332 e. The maximum absolute atomic E-state index is 11.8. The van der Waals surface area contributed by atoms with Gasteiger partial charge in [-0.1, -0.05) is 25.1 Å². The van der Waals surface area contributed by atoms with Crippen LogP contribution < -0.4 is 9.74 Å². The van der Waals surface area contributed by atoms with Crippen LogP contribution in [0.2, 0.25) is 0 Å². The van der Waals surface area contributed by atoms with Gasteiger partial charge in [0.2, 0.25) is 0 Å². The predicted octanol–water partition coefficient (Wildman–Crippen LogP) is 1.79. The van der Waals surface area contributed by atoms with Gasteiger partial charge in [0.15, 0.2) is 11.6 Å².